The number of nitrogens with one attached hydrogen (secondary N) is 1. The molecule has 0 unspecified atom stereocenters. The number of carbonyl (C=O) groups is 1. The Kier molecular flexibility index (Phi) is 4.65. The topological polar surface area (TPSA) is 84.3 Å². The molecule has 2 rings (SSSR count). The molecular weight excluding hydrogens is 270 g/mol. The first-order valence-electron chi connectivity index (χ1n) is 7.40. The number of methoxy groups -OCH3 is 1. The fourth-order valence-corrected chi connectivity index (χ4v) is 2.89. The van der Waals surface area contributed by atoms with Crippen molar-refractivity contribution < 1.29 is 14.6 Å². The molecule has 0 aliphatic heterocycles. The van der Waals surface area contributed by atoms with Gasteiger partial charge in [-0.1, -0.05) is 13.3 Å². The van der Waals surface area contributed by atoms with Crippen LogP contribution in [-0.4, -0.2) is 33.7 Å². The van der Waals surface area contributed by atoms with Crippen LogP contribution in [0.25, 0.3) is 0 Å². The Morgan fingerprint density at radius 1 is 1.48 bits per heavy atom. The maximum atomic E-state index is 11.8. The highest BCUT2D eigenvalue weighted by Crippen LogP contribution is 2.36. The molecule has 0 radical (unpaired) electrons. The lowest BCUT2D eigenvalue weighted by Gasteiger charge is -2.37. The zero-order chi connectivity index (χ0) is 15.5. The second kappa shape index (κ2) is 6.28. The predicted octanol–water partition coefficient (Wildman–Crippen LogP) is 2.63. The van der Waals surface area contributed by atoms with Gasteiger partial charge in [0.25, 0.3) is 0 Å². The van der Waals surface area contributed by atoms with Crippen LogP contribution < -0.4 is 10.1 Å². The summed E-state index contributed by atoms with van der Waals surface area (Å²) in [6.07, 6.45) is 4.13. The third kappa shape index (κ3) is 3.43. The molecule has 6 heteroatoms. The molecular formula is C15H23N3O3. The van der Waals surface area contributed by atoms with Gasteiger partial charge in [0.2, 0.25) is 11.8 Å². The number of hydrogen-bond acceptors (Lipinski definition) is 5. The van der Waals surface area contributed by atoms with E-state index in [0.717, 1.165) is 25.0 Å². The van der Waals surface area contributed by atoms with Crippen LogP contribution in [-0.2, 0) is 4.79 Å². The summed E-state index contributed by atoms with van der Waals surface area (Å²) in [6.45, 7) is 3.98. The molecule has 21 heavy (non-hydrogen) atoms. The Labute approximate surface area is 124 Å². The highest BCUT2D eigenvalue weighted by molar-refractivity contribution is 5.82. The van der Waals surface area contributed by atoms with Crippen molar-refractivity contribution in [1.29, 1.82) is 0 Å². The molecule has 2 N–H and O–H groups in total. The lowest BCUT2D eigenvalue weighted by molar-refractivity contribution is -0.143. The van der Waals surface area contributed by atoms with Crippen LogP contribution in [0.15, 0.2) is 6.07 Å². The minimum absolute atomic E-state index is 0.323. The monoisotopic (exact) mass is 293 g/mol. The van der Waals surface area contributed by atoms with Crippen LogP contribution in [0, 0.1) is 12.8 Å². The molecule has 116 valence electrons. The molecule has 1 heterocycles. The third-order valence-electron chi connectivity index (χ3n) is 4.34. The molecule has 0 amide bonds. The normalized spacial score (nSPS) is 25.4. The Morgan fingerprint density at radius 3 is 2.67 bits per heavy atom. The molecule has 0 spiro atoms. The fraction of sp³-hybridized carbons (Fsp3) is 0.667. The molecule has 1 aliphatic carbocycles. The predicted molar refractivity (Wildman–Crippen MR) is 79.6 cm³/mol. The van der Waals surface area contributed by atoms with E-state index in [1.54, 1.807) is 6.07 Å². The third-order valence-corrected chi connectivity index (χ3v) is 4.34. The molecule has 0 atom stereocenters. The van der Waals surface area contributed by atoms with E-state index in [2.05, 4.69) is 22.2 Å². The molecule has 1 aromatic rings. The quantitative estimate of drug-likeness (QED) is 0.868. The summed E-state index contributed by atoms with van der Waals surface area (Å²) in [6, 6.07) is 1.71. The molecule has 1 saturated carbocycles. The van der Waals surface area contributed by atoms with Gasteiger partial charge in [0, 0.05) is 11.8 Å². The van der Waals surface area contributed by atoms with Gasteiger partial charge in [0.1, 0.15) is 5.54 Å². The first-order chi connectivity index (χ1) is 9.99. The number of aryl methyl sites for hydroxylation is 1. The fourth-order valence-electron chi connectivity index (χ4n) is 2.89. The highest BCUT2D eigenvalue weighted by atomic mass is 16.5. The number of ether oxygens (including phenoxy) is 1. The molecule has 1 aromatic heterocycles. The number of carboxylic acid groups (broad SMARTS) is 1. The van der Waals surface area contributed by atoms with Crippen LogP contribution in [0.5, 0.6) is 5.88 Å². The van der Waals surface area contributed by atoms with Crippen LogP contribution in [0.1, 0.15) is 44.7 Å². The second-order valence-electron chi connectivity index (χ2n) is 5.74. The lowest BCUT2D eigenvalue weighted by atomic mass is 9.75. The maximum absolute atomic E-state index is 11.8. The van der Waals surface area contributed by atoms with E-state index in [9.17, 15) is 9.90 Å². The lowest BCUT2D eigenvalue weighted by Crippen LogP contribution is -2.49. The van der Waals surface area contributed by atoms with Crippen molar-refractivity contribution >= 4 is 11.9 Å². The maximum Gasteiger partial charge on any atom is 0.329 e. The van der Waals surface area contributed by atoms with Gasteiger partial charge >= 0.3 is 5.97 Å². The summed E-state index contributed by atoms with van der Waals surface area (Å²) in [4.78, 5) is 20.2. The Morgan fingerprint density at radius 2 is 2.14 bits per heavy atom. The van der Waals surface area contributed by atoms with E-state index >= 15 is 0 Å². The summed E-state index contributed by atoms with van der Waals surface area (Å²) >= 11 is 0. The Bertz CT molecular complexity index is 511. The van der Waals surface area contributed by atoms with Gasteiger partial charge in [0.05, 0.1) is 7.11 Å². The van der Waals surface area contributed by atoms with Gasteiger partial charge < -0.3 is 15.2 Å². The van der Waals surface area contributed by atoms with Crippen molar-refractivity contribution in [3.63, 3.8) is 0 Å². The van der Waals surface area contributed by atoms with Crippen molar-refractivity contribution in [2.24, 2.45) is 5.92 Å². The summed E-state index contributed by atoms with van der Waals surface area (Å²) in [5.74, 6) is 0.547. The van der Waals surface area contributed by atoms with Crippen LogP contribution in [0.4, 0.5) is 5.95 Å². The van der Waals surface area contributed by atoms with Crippen molar-refractivity contribution in [1.82, 2.24) is 9.97 Å². The average Bonchev–Trinajstić information content (AvgIpc) is 2.47. The van der Waals surface area contributed by atoms with Crippen molar-refractivity contribution in [2.45, 2.75) is 51.5 Å². The summed E-state index contributed by atoms with van der Waals surface area (Å²) < 4.78 is 5.11. The number of nitrogens with zero attached hydrogens (tertiary/aromatic N) is 2. The van der Waals surface area contributed by atoms with Gasteiger partial charge in [-0.05, 0) is 38.5 Å². The number of anilines is 1. The number of carboxylic acids is 1. The van der Waals surface area contributed by atoms with Crippen molar-refractivity contribution in [3.05, 3.63) is 11.8 Å². The zero-order valence-corrected chi connectivity index (χ0v) is 12.8. The average molecular weight is 293 g/mol. The zero-order valence-electron chi connectivity index (χ0n) is 12.8. The van der Waals surface area contributed by atoms with Crippen LogP contribution >= 0.6 is 0 Å². The molecule has 1 aliphatic rings. The number of aromatic nitrogens is 2. The summed E-state index contributed by atoms with van der Waals surface area (Å²) in [5.41, 5.74) is -0.225. The van der Waals surface area contributed by atoms with E-state index in [1.165, 1.54) is 7.11 Å². The summed E-state index contributed by atoms with van der Waals surface area (Å²) in [5, 5.41) is 12.7. The number of hydrogen-bond donors (Lipinski definition) is 2. The highest BCUT2D eigenvalue weighted by Gasteiger charge is 2.42. The Balaban J connectivity index is 2.21. The summed E-state index contributed by atoms with van der Waals surface area (Å²) in [7, 11) is 1.53. The molecule has 0 bridgehead atoms. The SMILES string of the molecule is CCC1CCC(Nc2nc(C)cc(OC)n2)(C(=O)O)CC1. The first kappa shape index (κ1) is 15.5. The van der Waals surface area contributed by atoms with E-state index in [1.807, 2.05) is 6.92 Å². The molecule has 0 aromatic carbocycles. The minimum Gasteiger partial charge on any atom is -0.481 e. The van der Waals surface area contributed by atoms with E-state index in [-0.39, 0.29) is 0 Å². The van der Waals surface area contributed by atoms with Gasteiger partial charge in [-0.2, -0.15) is 4.98 Å². The van der Waals surface area contributed by atoms with Gasteiger partial charge in [-0.25, -0.2) is 9.78 Å². The Hall–Kier alpha value is -1.85. The first-order valence-corrected chi connectivity index (χ1v) is 7.40. The minimum atomic E-state index is -0.968. The molecule has 1 fully saturated rings. The van der Waals surface area contributed by atoms with Crippen LogP contribution in [0.2, 0.25) is 0 Å². The molecule has 0 saturated heterocycles. The standard InChI is InChI=1S/C15H23N3O3/c1-4-11-5-7-15(8-6-11,13(19)20)18-14-16-10(2)9-12(17-14)21-3/h9,11H,4-8H2,1-3H3,(H,19,20)(H,16,17,18). The smallest absolute Gasteiger partial charge is 0.329 e. The van der Waals surface area contributed by atoms with E-state index in [0.29, 0.717) is 30.6 Å². The van der Waals surface area contributed by atoms with E-state index in [4.69, 9.17) is 4.74 Å². The van der Waals surface area contributed by atoms with Gasteiger partial charge in [-0.15, -0.1) is 0 Å². The molecule has 6 nitrogen and oxygen atoms in total. The van der Waals surface area contributed by atoms with Crippen LogP contribution in [0.3, 0.4) is 0 Å². The largest absolute Gasteiger partial charge is 0.481 e. The van der Waals surface area contributed by atoms with Crippen molar-refractivity contribution in [3.8, 4) is 5.88 Å². The van der Waals surface area contributed by atoms with Gasteiger partial charge in [0.15, 0.2) is 0 Å². The van der Waals surface area contributed by atoms with Gasteiger partial charge in [-0.3, -0.25) is 0 Å². The second-order valence-corrected chi connectivity index (χ2v) is 5.74. The van der Waals surface area contributed by atoms with E-state index < -0.39 is 11.5 Å². The number of rotatable bonds is 5. The van der Waals surface area contributed by atoms with Crippen molar-refractivity contribution in [2.75, 3.05) is 12.4 Å². The number of aliphatic carboxylic acids is 1.